The van der Waals surface area contributed by atoms with Crippen LogP contribution in [-0.4, -0.2) is 36.0 Å². The second-order valence-corrected chi connectivity index (χ2v) is 7.17. The van der Waals surface area contributed by atoms with E-state index in [0.717, 1.165) is 38.0 Å². The van der Waals surface area contributed by atoms with E-state index < -0.39 is 0 Å². The van der Waals surface area contributed by atoms with Gasteiger partial charge in [0.15, 0.2) is 0 Å². The Hall–Kier alpha value is -0.620. The largest absolute Gasteiger partial charge is 0.330 e. The predicted molar refractivity (Wildman–Crippen MR) is 88.9 cm³/mol. The van der Waals surface area contributed by atoms with Crippen LogP contribution in [0, 0.1) is 3.57 Å². The Bertz CT molecular complexity index is 471. The van der Waals surface area contributed by atoms with Crippen molar-refractivity contribution in [1.82, 2.24) is 10.2 Å². The van der Waals surface area contributed by atoms with Gasteiger partial charge in [-0.2, -0.15) is 0 Å². The van der Waals surface area contributed by atoms with E-state index in [0.29, 0.717) is 0 Å². The summed E-state index contributed by atoms with van der Waals surface area (Å²) in [5, 5.41) is 3.50. The lowest BCUT2D eigenvalue weighted by molar-refractivity contribution is 0.0222. The highest BCUT2D eigenvalue weighted by Gasteiger charge is 2.42. The molecular formula is C16H21IN2O. The molecule has 1 N–H and O–H groups in total. The van der Waals surface area contributed by atoms with Crippen LogP contribution in [0.3, 0.4) is 0 Å². The van der Waals surface area contributed by atoms with E-state index in [4.69, 9.17) is 0 Å². The number of amides is 1. The quantitative estimate of drug-likeness (QED) is 0.755. The monoisotopic (exact) mass is 384 g/mol. The molecule has 1 saturated heterocycles. The number of hydrogen-bond acceptors (Lipinski definition) is 2. The van der Waals surface area contributed by atoms with E-state index in [1.807, 2.05) is 24.3 Å². The van der Waals surface area contributed by atoms with Crippen LogP contribution in [-0.2, 0) is 0 Å². The first kappa shape index (κ1) is 14.3. The van der Waals surface area contributed by atoms with Crippen molar-refractivity contribution in [3.05, 3.63) is 33.4 Å². The SMILES string of the molecule is O=C(c1ccc(I)cc1)N1CCNCC12CCCCC2. The number of nitrogens with one attached hydrogen (secondary N) is 1. The van der Waals surface area contributed by atoms with Crippen LogP contribution in [0.4, 0.5) is 0 Å². The van der Waals surface area contributed by atoms with Crippen molar-refractivity contribution in [2.75, 3.05) is 19.6 Å². The molecule has 1 aliphatic heterocycles. The molecule has 108 valence electrons. The molecule has 1 aliphatic carbocycles. The normalized spacial score (nSPS) is 21.9. The van der Waals surface area contributed by atoms with Crippen molar-refractivity contribution in [2.45, 2.75) is 37.6 Å². The number of hydrogen-bond donors (Lipinski definition) is 1. The highest BCUT2D eigenvalue weighted by Crippen LogP contribution is 2.35. The summed E-state index contributed by atoms with van der Waals surface area (Å²) < 4.78 is 1.17. The van der Waals surface area contributed by atoms with Gasteiger partial charge in [0.25, 0.3) is 5.91 Å². The zero-order valence-electron chi connectivity index (χ0n) is 11.7. The summed E-state index contributed by atoms with van der Waals surface area (Å²) in [6, 6.07) is 7.96. The minimum absolute atomic E-state index is 0.0661. The maximum absolute atomic E-state index is 12.9. The third kappa shape index (κ3) is 2.72. The van der Waals surface area contributed by atoms with Crippen LogP contribution in [0.15, 0.2) is 24.3 Å². The topological polar surface area (TPSA) is 32.3 Å². The number of piperazine rings is 1. The van der Waals surface area contributed by atoms with Crippen LogP contribution in [0.25, 0.3) is 0 Å². The smallest absolute Gasteiger partial charge is 0.254 e. The van der Waals surface area contributed by atoms with Crippen molar-refractivity contribution in [3.8, 4) is 0 Å². The molecule has 0 aromatic heterocycles. The van der Waals surface area contributed by atoms with E-state index in [1.54, 1.807) is 0 Å². The number of rotatable bonds is 1. The summed E-state index contributed by atoms with van der Waals surface area (Å²) in [6.45, 7) is 2.71. The van der Waals surface area contributed by atoms with E-state index >= 15 is 0 Å². The Kier molecular flexibility index (Phi) is 4.31. The third-order valence-electron chi connectivity index (χ3n) is 4.66. The number of carbonyl (C=O) groups excluding carboxylic acids is 1. The minimum Gasteiger partial charge on any atom is -0.330 e. The van der Waals surface area contributed by atoms with Crippen LogP contribution in [0.1, 0.15) is 42.5 Å². The van der Waals surface area contributed by atoms with E-state index in [1.165, 1.54) is 22.8 Å². The van der Waals surface area contributed by atoms with Crippen molar-refractivity contribution in [2.24, 2.45) is 0 Å². The first-order valence-corrected chi connectivity index (χ1v) is 8.57. The Labute approximate surface area is 134 Å². The molecule has 1 spiro atoms. The van der Waals surface area contributed by atoms with Gasteiger partial charge in [0.05, 0.1) is 5.54 Å². The van der Waals surface area contributed by atoms with Crippen molar-refractivity contribution < 1.29 is 4.79 Å². The maximum atomic E-state index is 12.9. The lowest BCUT2D eigenvalue weighted by Gasteiger charge is -2.49. The fraction of sp³-hybridized carbons (Fsp3) is 0.562. The van der Waals surface area contributed by atoms with E-state index in [9.17, 15) is 4.79 Å². The molecule has 0 bridgehead atoms. The number of carbonyl (C=O) groups is 1. The van der Waals surface area contributed by atoms with Crippen LogP contribution in [0.5, 0.6) is 0 Å². The van der Waals surface area contributed by atoms with Gasteiger partial charge >= 0.3 is 0 Å². The molecule has 4 heteroatoms. The van der Waals surface area contributed by atoms with Crippen molar-refractivity contribution >= 4 is 28.5 Å². The molecule has 1 heterocycles. The molecule has 3 rings (SSSR count). The first-order valence-electron chi connectivity index (χ1n) is 7.50. The fourth-order valence-electron chi connectivity index (χ4n) is 3.57. The summed E-state index contributed by atoms with van der Waals surface area (Å²) in [6.07, 6.45) is 6.11. The van der Waals surface area contributed by atoms with Gasteiger partial charge in [0.1, 0.15) is 0 Å². The van der Waals surface area contributed by atoms with Gasteiger partial charge in [0, 0.05) is 28.8 Å². The second kappa shape index (κ2) is 6.02. The summed E-state index contributed by atoms with van der Waals surface area (Å²) in [5.41, 5.74) is 0.897. The van der Waals surface area contributed by atoms with Gasteiger partial charge < -0.3 is 10.2 Å². The molecule has 20 heavy (non-hydrogen) atoms. The first-order chi connectivity index (χ1) is 9.71. The average molecular weight is 384 g/mol. The Morgan fingerprint density at radius 1 is 1.15 bits per heavy atom. The molecule has 1 saturated carbocycles. The van der Waals surface area contributed by atoms with E-state index in [-0.39, 0.29) is 11.4 Å². The molecule has 0 unspecified atom stereocenters. The number of halogens is 1. The highest BCUT2D eigenvalue weighted by molar-refractivity contribution is 14.1. The zero-order chi connectivity index (χ0) is 14.0. The molecule has 0 atom stereocenters. The highest BCUT2D eigenvalue weighted by atomic mass is 127. The maximum Gasteiger partial charge on any atom is 0.254 e. The van der Waals surface area contributed by atoms with Gasteiger partial charge in [-0.1, -0.05) is 19.3 Å². The molecule has 2 aliphatic rings. The van der Waals surface area contributed by atoms with Crippen molar-refractivity contribution in [1.29, 1.82) is 0 Å². The van der Waals surface area contributed by atoms with Crippen molar-refractivity contribution in [3.63, 3.8) is 0 Å². The Balaban J connectivity index is 1.85. The van der Waals surface area contributed by atoms with Gasteiger partial charge in [-0.15, -0.1) is 0 Å². The number of benzene rings is 1. The summed E-state index contributed by atoms with van der Waals surface area (Å²) >= 11 is 2.28. The molecule has 1 aromatic carbocycles. The average Bonchev–Trinajstić information content (AvgIpc) is 2.49. The van der Waals surface area contributed by atoms with Crippen LogP contribution >= 0.6 is 22.6 Å². The second-order valence-electron chi connectivity index (χ2n) is 5.93. The molecular weight excluding hydrogens is 363 g/mol. The summed E-state index contributed by atoms with van der Waals surface area (Å²) in [7, 11) is 0. The minimum atomic E-state index is 0.0661. The van der Waals surface area contributed by atoms with E-state index in [2.05, 4.69) is 32.8 Å². The van der Waals surface area contributed by atoms with Gasteiger partial charge in [-0.3, -0.25) is 4.79 Å². The van der Waals surface area contributed by atoms with Crippen LogP contribution < -0.4 is 5.32 Å². The lowest BCUT2D eigenvalue weighted by atomic mass is 9.78. The van der Waals surface area contributed by atoms with Gasteiger partial charge in [-0.05, 0) is 59.7 Å². The molecule has 3 nitrogen and oxygen atoms in total. The Morgan fingerprint density at radius 2 is 1.85 bits per heavy atom. The Morgan fingerprint density at radius 3 is 2.55 bits per heavy atom. The molecule has 2 fully saturated rings. The molecule has 1 amide bonds. The third-order valence-corrected chi connectivity index (χ3v) is 5.38. The van der Waals surface area contributed by atoms with Gasteiger partial charge in [0.2, 0.25) is 0 Å². The number of nitrogens with zero attached hydrogens (tertiary/aromatic N) is 1. The summed E-state index contributed by atoms with van der Waals surface area (Å²) in [4.78, 5) is 15.0. The van der Waals surface area contributed by atoms with Crippen LogP contribution in [0.2, 0.25) is 0 Å². The molecule has 0 radical (unpaired) electrons. The summed E-state index contributed by atoms with van der Waals surface area (Å²) in [5.74, 6) is 0.213. The standard InChI is InChI=1S/C16H21IN2O/c17-14-6-4-13(5-7-14)15(20)19-11-10-18-12-16(19)8-2-1-3-9-16/h4-7,18H,1-3,8-12H2. The fourth-order valence-corrected chi connectivity index (χ4v) is 3.93. The molecule has 1 aromatic rings. The predicted octanol–water partition coefficient (Wildman–Crippen LogP) is 3.04. The van der Waals surface area contributed by atoms with Gasteiger partial charge in [-0.25, -0.2) is 0 Å². The lowest BCUT2D eigenvalue weighted by Crippen LogP contribution is -2.63. The zero-order valence-corrected chi connectivity index (χ0v) is 13.9.